The minimum absolute atomic E-state index is 0.0719. The Balaban J connectivity index is 2.52. The fraction of sp³-hybridized carbons (Fsp3) is 0.545. The summed E-state index contributed by atoms with van der Waals surface area (Å²) in [6.07, 6.45) is 3.33. The Bertz CT molecular complexity index is 359. The maximum absolute atomic E-state index is 11.7. The van der Waals surface area contributed by atoms with E-state index in [0.29, 0.717) is 13.1 Å². The zero-order valence-corrected chi connectivity index (χ0v) is 9.95. The van der Waals surface area contributed by atoms with Gasteiger partial charge in [0.25, 0.3) is 0 Å². The first-order chi connectivity index (χ1) is 7.45. The van der Waals surface area contributed by atoms with Crippen LogP contribution in [0.3, 0.4) is 0 Å². The van der Waals surface area contributed by atoms with E-state index in [1.54, 1.807) is 12.4 Å². The van der Waals surface area contributed by atoms with Crippen LogP contribution in [0.25, 0.3) is 0 Å². The highest BCUT2D eigenvalue weighted by molar-refractivity contribution is 5.81. The zero-order chi connectivity index (χ0) is 12.2. The van der Waals surface area contributed by atoms with Crippen molar-refractivity contribution < 1.29 is 4.79 Å². The van der Waals surface area contributed by atoms with E-state index in [-0.39, 0.29) is 5.91 Å². The van der Waals surface area contributed by atoms with Crippen molar-refractivity contribution in [3.63, 3.8) is 0 Å². The summed E-state index contributed by atoms with van der Waals surface area (Å²) < 4.78 is 0. The van der Waals surface area contributed by atoms with Crippen LogP contribution in [0.5, 0.6) is 0 Å². The van der Waals surface area contributed by atoms with Crippen molar-refractivity contribution in [1.82, 2.24) is 15.3 Å². The van der Waals surface area contributed by atoms with Gasteiger partial charge in [0.2, 0.25) is 5.91 Å². The lowest BCUT2D eigenvalue weighted by molar-refractivity contribution is -0.129. The average molecular weight is 222 g/mol. The van der Waals surface area contributed by atoms with Gasteiger partial charge < -0.3 is 11.1 Å². The highest BCUT2D eigenvalue weighted by Crippen LogP contribution is 2.12. The molecule has 0 bridgehead atoms. The van der Waals surface area contributed by atoms with Crippen molar-refractivity contribution in [3.8, 4) is 0 Å². The summed E-state index contributed by atoms with van der Waals surface area (Å²) in [6, 6.07) is 0. The molecule has 1 aromatic rings. The number of nitrogens with two attached hydrogens (primary N) is 1. The first kappa shape index (κ1) is 12.6. The molecule has 5 heteroatoms. The van der Waals surface area contributed by atoms with E-state index < -0.39 is 5.41 Å². The first-order valence-electron chi connectivity index (χ1n) is 5.21. The molecular formula is C11H18N4O. The van der Waals surface area contributed by atoms with Crippen LogP contribution in [0, 0.1) is 12.3 Å². The number of carbonyl (C=O) groups excluding carboxylic acids is 1. The number of carbonyl (C=O) groups is 1. The summed E-state index contributed by atoms with van der Waals surface area (Å²) in [6.45, 7) is 6.19. The molecule has 0 spiro atoms. The molecule has 0 saturated heterocycles. The fourth-order valence-corrected chi connectivity index (χ4v) is 1.01. The van der Waals surface area contributed by atoms with Crippen LogP contribution in [-0.2, 0) is 11.3 Å². The number of hydrogen-bond acceptors (Lipinski definition) is 4. The molecule has 1 rings (SSSR count). The second-order valence-electron chi connectivity index (χ2n) is 4.42. The first-order valence-corrected chi connectivity index (χ1v) is 5.21. The SMILES string of the molecule is Cc1cnc(CNC(=O)C(C)(C)CN)cn1. The van der Waals surface area contributed by atoms with Crippen molar-refractivity contribution in [3.05, 3.63) is 23.8 Å². The molecule has 0 fully saturated rings. The summed E-state index contributed by atoms with van der Waals surface area (Å²) >= 11 is 0. The molecule has 1 amide bonds. The van der Waals surface area contributed by atoms with E-state index in [1.165, 1.54) is 0 Å². The normalized spacial score (nSPS) is 11.2. The van der Waals surface area contributed by atoms with Crippen LogP contribution in [-0.4, -0.2) is 22.4 Å². The summed E-state index contributed by atoms with van der Waals surface area (Å²) in [5.74, 6) is -0.0719. The van der Waals surface area contributed by atoms with Gasteiger partial charge >= 0.3 is 0 Å². The number of aryl methyl sites for hydroxylation is 1. The Labute approximate surface area is 95.5 Å². The van der Waals surface area contributed by atoms with E-state index in [4.69, 9.17) is 5.73 Å². The lowest BCUT2D eigenvalue weighted by Gasteiger charge is -2.20. The van der Waals surface area contributed by atoms with E-state index in [0.717, 1.165) is 11.4 Å². The molecule has 16 heavy (non-hydrogen) atoms. The summed E-state index contributed by atoms with van der Waals surface area (Å²) in [4.78, 5) is 19.9. The van der Waals surface area contributed by atoms with E-state index in [9.17, 15) is 4.79 Å². The van der Waals surface area contributed by atoms with E-state index in [2.05, 4.69) is 15.3 Å². The molecule has 0 aromatic carbocycles. The van der Waals surface area contributed by atoms with Gasteiger partial charge in [-0.05, 0) is 20.8 Å². The van der Waals surface area contributed by atoms with Gasteiger partial charge in [0.1, 0.15) is 0 Å². The Kier molecular flexibility index (Phi) is 3.95. The maximum atomic E-state index is 11.7. The van der Waals surface area contributed by atoms with Crippen LogP contribution in [0.1, 0.15) is 25.2 Å². The van der Waals surface area contributed by atoms with Crippen molar-refractivity contribution in [2.75, 3.05) is 6.54 Å². The molecule has 0 unspecified atom stereocenters. The van der Waals surface area contributed by atoms with Crippen LogP contribution >= 0.6 is 0 Å². The number of nitrogens with zero attached hydrogens (tertiary/aromatic N) is 2. The van der Waals surface area contributed by atoms with Crippen LogP contribution in [0.2, 0.25) is 0 Å². The molecule has 0 atom stereocenters. The van der Waals surface area contributed by atoms with Gasteiger partial charge in [-0.2, -0.15) is 0 Å². The van der Waals surface area contributed by atoms with Crippen LogP contribution in [0.15, 0.2) is 12.4 Å². The lowest BCUT2D eigenvalue weighted by atomic mass is 9.93. The minimum atomic E-state index is -0.544. The summed E-state index contributed by atoms with van der Waals surface area (Å²) in [5, 5.41) is 2.79. The van der Waals surface area contributed by atoms with Crippen molar-refractivity contribution in [1.29, 1.82) is 0 Å². The van der Waals surface area contributed by atoms with Gasteiger partial charge in [-0.1, -0.05) is 0 Å². The number of nitrogens with one attached hydrogen (secondary N) is 1. The number of aromatic nitrogens is 2. The van der Waals surface area contributed by atoms with E-state index in [1.807, 2.05) is 20.8 Å². The molecule has 0 aliphatic rings. The minimum Gasteiger partial charge on any atom is -0.350 e. The lowest BCUT2D eigenvalue weighted by Crippen LogP contribution is -2.41. The Hall–Kier alpha value is -1.49. The zero-order valence-electron chi connectivity index (χ0n) is 9.95. The third-order valence-electron chi connectivity index (χ3n) is 2.39. The van der Waals surface area contributed by atoms with Crippen LogP contribution < -0.4 is 11.1 Å². The summed E-state index contributed by atoms with van der Waals surface area (Å²) in [5.41, 5.74) is 6.56. The molecule has 0 aliphatic carbocycles. The third kappa shape index (κ3) is 3.27. The molecule has 0 saturated carbocycles. The molecular weight excluding hydrogens is 204 g/mol. The van der Waals surface area contributed by atoms with E-state index >= 15 is 0 Å². The second kappa shape index (κ2) is 5.03. The van der Waals surface area contributed by atoms with Crippen molar-refractivity contribution in [2.24, 2.45) is 11.1 Å². The fourth-order valence-electron chi connectivity index (χ4n) is 1.01. The predicted molar refractivity (Wildman–Crippen MR) is 61.5 cm³/mol. The topological polar surface area (TPSA) is 80.9 Å². The number of rotatable bonds is 4. The van der Waals surface area contributed by atoms with Crippen molar-refractivity contribution >= 4 is 5.91 Å². The predicted octanol–water partition coefficient (Wildman–Crippen LogP) is 0.386. The second-order valence-corrected chi connectivity index (χ2v) is 4.42. The standard InChI is InChI=1S/C11H18N4O/c1-8-4-14-9(5-13-8)6-15-10(16)11(2,3)7-12/h4-5H,6-7,12H2,1-3H3,(H,15,16). The van der Waals surface area contributed by atoms with Gasteiger partial charge in [-0.25, -0.2) is 0 Å². The van der Waals surface area contributed by atoms with Gasteiger partial charge in [0, 0.05) is 12.7 Å². The highest BCUT2D eigenvalue weighted by atomic mass is 16.2. The van der Waals surface area contributed by atoms with Gasteiger partial charge in [-0.15, -0.1) is 0 Å². The quantitative estimate of drug-likeness (QED) is 0.772. The molecule has 3 N–H and O–H groups in total. The Morgan fingerprint density at radius 3 is 2.62 bits per heavy atom. The monoisotopic (exact) mass is 222 g/mol. The van der Waals surface area contributed by atoms with Gasteiger partial charge in [0.15, 0.2) is 0 Å². The molecule has 0 aliphatic heterocycles. The van der Waals surface area contributed by atoms with Crippen LogP contribution in [0.4, 0.5) is 0 Å². The third-order valence-corrected chi connectivity index (χ3v) is 2.39. The molecule has 0 radical (unpaired) electrons. The Morgan fingerprint density at radius 2 is 2.12 bits per heavy atom. The number of hydrogen-bond donors (Lipinski definition) is 2. The average Bonchev–Trinajstić information content (AvgIpc) is 2.28. The van der Waals surface area contributed by atoms with Gasteiger partial charge in [0.05, 0.1) is 29.5 Å². The molecule has 1 aromatic heterocycles. The molecule has 1 heterocycles. The molecule has 88 valence electrons. The maximum Gasteiger partial charge on any atom is 0.227 e. The summed E-state index contributed by atoms with van der Waals surface area (Å²) in [7, 11) is 0. The largest absolute Gasteiger partial charge is 0.350 e. The Morgan fingerprint density at radius 1 is 1.44 bits per heavy atom. The smallest absolute Gasteiger partial charge is 0.227 e. The van der Waals surface area contributed by atoms with Crippen molar-refractivity contribution in [2.45, 2.75) is 27.3 Å². The number of amides is 1. The molecule has 5 nitrogen and oxygen atoms in total. The van der Waals surface area contributed by atoms with Gasteiger partial charge in [-0.3, -0.25) is 14.8 Å². The highest BCUT2D eigenvalue weighted by Gasteiger charge is 2.25.